The third kappa shape index (κ3) is 4.00. The molecular formula is C12H25N3O. The standard InChI is InChI=1S/C12H25N3O/c1-2-3-8-14-11(16)15-10-12(9-13)6-4-5-7-12/h2-10,13H2,1H3,(H2,14,15,16). The van der Waals surface area contributed by atoms with Gasteiger partial charge in [-0.15, -0.1) is 0 Å². The Balaban J connectivity index is 2.19. The lowest BCUT2D eigenvalue weighted by Crippen LogP contribution is -2.44. The van der Waals surface area contributed by atoms with E-state index in [0.29, 0.717) is 6.54 Å². The number of rotatable bonds is 6. The average Bonchev–Trinajstić information content (AvgIpc) is 2.76. The Morgan fingerprint density at radius 3 is 2.56 bits per heavy atom. The Hall–Kier alpha value is -0.770. The molecule has 1 aliphatic carbocycles. The lowest BCUT2D eigenvalue weighted by molar-refractivity contribution is 0.229. The molecule has 0 unspecified atom stereocenters. The van der Waals surface area contributed by atoms with Crippen molar-refractivity contribution in [1.82, 2.24) is 10.6 Å². The second-order valence-electron chi connectivity index (χ2n) is 4.87. The van der Waals surface area contributed by atoms with E-state index in [0.717, 1.165) is 38.8 Å². The van der Waals surface area contributed by atoms with Crippen LogP contribution in [0.2, 0.25) is 0 Å². The van der Waals surface area contributed by atoms with Crippen molar-refractivity contribution >= 4 is 6.03 Å². The van der Waals surface area contributed by atoms with Gasteiger partial charge in [0.1, 0.15) is 0 Å². The zero-order chi connectivity index (χ0) is 11.9. The van der Waals surface area contributed by atoms with Gasteiger partial charge in [-0.1, -0.05) is 26.2 Å². The summed E-state index contributed by atoms with van der Waals surface area (Å²) >= 11 is 0. The Morgan fingerprint density at radius 1 is 1.31 bits per heavy atom. The maximum absolute atomic E-state index is 11.5. The minimum absolute atomic E-state index is 0.0480. The van der Waals surface area contributed by atoms with E-state index in [2.05, 4.69) is 17.6 Å². The number of hydrogen-bond acceptors (Lipinski definition) is 2. The molecule has 2 amide bonds. The second-order valence-corrected chi connectivity index (χ2v) is 4.87. The van der Waals surface area contributed by atoms with Gasteiger partial charge in [0.05, 0.1) is 0 Å². The van der Waals surface area contributed by atoms with E-state index in [1.165, 1.54) is 12.8 Å². The van der Waals surface area contributed by atoms with Gasteiger partial charge >= 0.3 is 6.03 Å². The van der Waals surface area contributed by atoms with Crippen molar-refractivity contribution in [3.8, 4) is 0 Å². The molecular weight excluding hydrogens is 202 g/mol. The quantitative estimate of drug-likeness (QED) is 0.603. The van der Waals surface area contributed by atoms with Gasteiger partial charge in [0.2, 0.25) is 0 Å². The number of carbonyl (C=O) groups excluding carboxylic acids is 1. The Bertz CT molecular complexity index is 212. The van der Waals surface area contributed by atoms with Crippen LogP contribution >= 0.6 is 0 Å². The van der Waals surface area contributed by atoms with Crippen molar-refractivity contribution in [1.29, 1.82) is 0 Å². The van der Waals surface area contributed by atoms with Crippen LogP contribution in [-0.2, 0) is 0 Å². The molecule has 4 nitrogen and oxygen atoms in total. The fourth-order valence-corrected chi connectivity index (χ4v) is 2.29. The zero-order valence-corrected chi connectivity index (χ0v) is 10.3. The lowest BCUT2D eigenvalue weighted by Gasteiger charge is -2.27. The number of nitrogens with one attached hydrogen (secondary N) is 2. The first-order valence-electron chi connectivity index (χ1n) is 6.44. The molecule has 1 aliphatic rings. The molecule has 0 aromatic rings. The molecule has 1 fully saturated rings. The normalized spacial score (nSPS) is 18.4. The fourth-order valence-electron chi connectivity index (χ4n) is 2.29. The first kappa shape index (κ1) is 13.3. The van der Waals surface area contributed by atoms with Gasteiger partial charge < -0.3 is 16.4 Å². The first-order chi connectivity index (χ1) is 7.72. The minimum atomic E-state index is -0.0480. The zero-order valence-electron chi connectivity index (χ0n) is 10.3. The molecule has 0 bridgehead atoms. The molecule has 94 valence electrons. The van der Waals surface area contributed by atoms with Gasteiger partial charge in [0.15, 0.2) is 0 Å². The van der Waals surface area contributed by atoms with E-state index in [1.807, 2.05) is 0 Å². The molecule has 1 saturated carbocycles. The van der Waals surface area contributed by atoms with Gasteiger partial charge in [-0.3, -0.25) is 0 Å². The molecule has 16 heavy (non-hydrogen) atoms. The van der Waals surface area contributed by atoms with Crippen molar-refractivity contribution in [3.05, 3.63) is 0 Å². The lowest BCUT2D eigenvalue weighted by atomic mass is 9.86. The molecule has 0 spiro atoms. The second kappa shape index (κ2) is 6.74. The van der Waals surface area contributed by atoms with Crippen LogP contribution in [0.25, 0.3) is 0 Å². The van der Waals surface area contributed by atoms with Crippen LogP contribution in [0, 0.1) is 5.41 Å². The Labute approximate surface area is 98.3 Å². The fraction of sp³-hybridized carbons (Fsp3) is 0.917. The summed E-state index contributed by atoms with van der Waals surface area (Å²) < 4.78 is 0. The van der Waals surface area contributed by atoms with Crippen molar-refractivity contribution in [2.75, 3.05) is 19.6 Å². The van der Waals surface area contributed by atoms with E-state index >= 15 is 0 Å². The molecule has 0 saturated heterocycles. The highest BCUT2D eigenvalue weighted by atomic mass is 16.2. The predicted molar refractivity (Wildman–Crippen MR) is 66.3 cm³/mol. The van der Waals surface area contributed by atoms with Gasteiger partial charge in [-0.25, -0.2) is 4.79 Å². The predicted octanol–water partition coefficient (Wildman–Crippen LogP) is 1.60. The monoisotopic (exact) mass is 227 g/mol. The van der Waals surface area contributed by atoms with Crippen LogP contribution < -0.4 is 16.4 Å². The summed E-state index contributed by atoms with van der Waals surface area (Å²) in [5.74, 6) is 0. The van der Waals surface area contributed by atoms with Crippen LogP contribution in [0.4, 0.5) is 4.79 Å². The summed E-state index contributed by atoms with van der Waals surface area (Å²) in [5.41, 5.74) is 5.97. The van der Waals surface area contributed by atoms with Crippen LogP contribution in [0.15, 0.2) is 0 Å². The summed E-state index contributed by atoms with van der Waals surface area (Å²) in [6, 6.07) is -0.0480. The maximum atomic E-state index is 11.5. The number of unbranched alkanes of at least 4 members (excludes halogenated alkanes) is 1. The number of amides is 2. The Kier molecular flexibility index (Phi) is 5.60. The summed E-state index contributed by atoms with van der Waals surface area (Å²) in [6.45, 7) is 4.28. The minimum Gasteiger partial charge on any atom is -0.338 e. The largest absolute Gasteiger partial charge is 0.338 e. The van der Waals surface area contributed by atoms with Crippen molar-refractivity contribution in [2.45, 2.75) is 45.4 Å². The summed E-state index contributed by atoms with van der Waals surface area (Å²) in [7, 11) is 0. The van der Waals surface area contributed by atoms with Crippen LogP contribution in [0.5, 0.6) is 0 Å². The summed E-state index contributed by atoms with van der Waals surface area (Å²) in [5, 5.41) is 5.80. The van der Waals surface area contributed by atoms with Gasteiger partial charge in [-0.05, 0) is 25.8 Å². The molecule has 0 heterocycles. The molecule has 4 heteroatoms. The highest BCUT2D eigenvalue weighted by molar-refractivity contribution is 5.73. The van der Waals surface area contributed by atoms with Gasteiger partial charge in [0.25, 0.3) is 0 Å². The topological polar surface area (TPSA) is 67.2 Å². The van der Waals surface area contributed by atoms with Crippen LogP contribution in [0.3, 0.4) is 0 Å². The van der Waals surface area contributed by atoms with Crippen LogP contribution in [-0.4, -0.2) is 25.7 Å². The van der Waals surface area contributed by atoms with Crippen LogP contribution in [0.1, 0.15) is 45.4 Å². The van der Waals surface area contributed by atoms with Crippen molar-refractivity contribution in [2.24, 2.45) is 11.1 Å². The summed E-state index contributed by atoms with van der Waals surface area (Å²) in [4.78, 5) is 11.5. The smallest absolute Gasteiger partial charge is 0.314 e. The molecule has 0 aromatic carbocycles. The molecule has 0 radical (unpaired) electrons. The number of nitrogens with two attached hydrogens (primary N) is 1. The molecule has 0 aromatic heterocycles. The van der Waals surface area contributed by atoms with E-state index in [-0.39, 0.29) is 11.4 Å². The van der Waals surface area contributed by atoms with Crippen molar-refractivity contribution < 1.29 is 4.79 Å². The molecule has 0 aliphatic heterocycles. The third-order valence-electron chi connectivity index (χ3n) is 3.54. The maximum Gasteiger partial charge on any atom is 0.314 e. The molecule has 4 N–H and O–H groups in total. The highest BCUT2D eigenvalue weighted by Gasteiger charge is 2.32. The average molecular weight is 227 g/mol. The van der Waals surface area contributed by atoms with E-state index in [4.69, 9.17) is 5.73 Å². The third-order valence-corrected chi connectivity index (χ3v) is 3.54. The number of carbonyl (C=O) groups is 1. The number of urea groups is 1. The Morgan fingerprint density at radius 2 is 2.00 bits per heavy atom. The summed E-state index contributed by atoms with van der Waals surface area (Å²) in [6.07, 6.45) is 6.94. The number of hydrogen-bond donors (Lipinski definition) is 3. The van der Waals surface area contributed by atoms with E-state index in [1.54, 1.807) is 0 Å². The SMILES string of the molecule is CCCCNC(=O)NCC1(CN)CCCC1. The first-order valence-corrected chi connectivity index (χ1v) is 6.44. The van der Waals surface area contributed by atoms with Gasteiger partial charge in [0, 0.05) is 18.5 Å². The molecule has 0 atom stereocenters. The van der Waals surface area contributed by atoms with Crippen molar-refractivity contribution in [3.63, 3.8) is 0 Å². The molecule has 1 rings (SSSR count). The van der Waals surface area contributed by atoms with E-state index in [9.17, 15) is 4.79 Å². The van der Waals surface area contributed by atoms with E-state index < -0.39 is 0 Å². The van der Waals surface area contributed by atoms with Gasteiger partial charge in [-0.2, -0.15) is 0 Å². The highest BCUT2D eigenvalue weighted by Crippen LogP contribution is 2.36.